The van der Waals surface area contributed by atoms with Crippen LogP contribution in [0.1, 0.15) is 24.3 Å². The molecular formula is C15H19ClFN3S. The van der Waals surface area contributed by atoms with Crippen LogP contribution in [0.4, 0.5) is 4.39 Å². The number of hydrogen-bond donors (Lipinski definition) is 1. The van der Waals surface area contributed by atoms with Crippen molar-refractivity contribution in [2.75, 3.05) is 13.1 Å². The lowest BCUT2D eigenvalue weighted by Crippen LogP contribution is -2.58. The van der Waals surface area contributed by atoms with Crippen molar-refractivity contribution < 1.29 is 4.39 Å². The van der Waals surface area contributed by atoms with E-state index in [0.717, 1.165) is 34.9 Å². The van der Waals surface area contributed by atoms with E-state index >= 15 is 0 Å². The predicted octanol–water partition coefficient (Wildman–Crippen LogP) is 3.18. The number of piperazine rings is 1. The largest absolute Gasteiger partial charge is 0.309 e. The fourth-order valence-corrected chi connectivity index (χ4v) is 4.47. The summed E-state index contributed by atoms with van der Waals surface area (Å²) in [6.45, 7) is 3.12. The third-order valence-electron chi connectivity index (χ3n) is 4.29. The van der Waals surface area contributed by atoms with Crippen molar-refractivity contribution in [1.82, 2.24) is 15.2 Å². The molecule has 3 nitrogen and oxygen atoms in total. The van der Waals surface area contributed by atoms with Gasteiger partial charge in [0.05, 0.1) is 16.8 Å². The molecule has 1 aromatic heterocycles. The van der Waals surface area contributed by atoms with Crippen molar-refractivity contribution in [2.45, 2.75) is 37.9 Å². The Balaban J connectivity index is 0.00000132. The summed E-state index contributed by atoms with van der Waals surface area (Å²) in [5.41, 5.74) is 0.918. The molecule has 2 aliphatic rings. The van der Waals surface area contributed by atoms with Gasteiger partial charge in [-0.3, -0.25) is 4.90 Å². The molecular weight excluding hydrogens is 309 g/mol. The molecule has 2 unspecified atom stereocenters. The number of likely N-dealkylation sites (tertiary alicyclic amines) is 1. The van der Waals surface area contributed by atoms with Crippen LogP contribution >= 0.6 is 23.7 Å². The Morgan fingerprint density at radius 2 is 2.05 bits per heavy atom. The predicted molar refractivity (Wildman–Crippen MR) is 86.7 cm³/mol. The van der Waals surface area contributed by atoms with Gasteiger partial charge in [-0.15, -0.1) is 23.7 Å². The Kier molecular flexibility index (Phi) is 4.45. The third-order valence-corrected chi connectivity index (χ3v) is 5.29. The van der Waals surface area contributed by atoms with Gasteiger partial charge in [0.1, 0.15) is 10.8 Å². The molecule has 3 heterocycles. The summed E-state index contributed by atoms with van der Waals surface area (Å²) in [5, 5.41) is 4.80. The van der Waals surface area contributed by atoms with E-state index in [-0.39, 0.29) is 18.2 Å². The lowest BCUT2D eigenvalue weighted by Gasteiger charge is -2.42. The van der Waals surface area contributed by atoms with Gasteiger partial charge in [-0.1, -0.05) is 6.42 Å². The van der Waals surface area contributed by atoms with E-state index < -0.39 is 0 Å². The molecule has 2 fully saturated rings. The number of halogens is 2. The number of nitrogens with one attached hydrogen (secondary N) is 1. The fourth-order valence-electron chi connectivity index (χ4n) is 3.43. The molecule has 0 radical (unpaired) electrons. The number of aromatic nitrogens is 1. The number of piperidine rings is 1. The molecule has 0 spiro atoms. The Morgan fingerprint density at radius 3 is 2.81 bits per heavy atom. The lowest BCUT2D eigenvalue weighted by molar-refractivity contribution is 0.119. The first-order valence-corrected chi connectivity index (χ1v) is 8.11. The molecule has 2 bridgehead atoms. The summed E-state index contributed by atoms with van der Waals surface area (Å²) in [4.78, 5) is 7.13. The van der Waals surface area contributed by atoms with Crippen LogP contribution in [-0.2, 0) is 6.54 Å². The van der Waals surface area contributed by atoms with Crippen molar-refractivity contribution in [2.24, 2.45) is 0 Å². The van der Waals surface area contributed by atoms with E-state index in [1.54, 1.807) is 23.5 Å². The van der Waals surface area contributed by atoms with Crippen LogP contribution < -0.4 is 5.32 Å². The Bertz CT molecular complexity index is 620. The second kappa shape index (κ2) is 6.16. The molecule has 1 N–H and O–H groups in total. The monoisotopic (exact) mass is 327 g/mol. The van der Waals surface area contributed by atoms with Gasteiger partial charge in [-0.25, -0.2) is 9.37 Å². The van der Waals surface area contributed by atoms with Crippen molar-refractivity contribution in [3.63, 3.8) is 0 Å². The Labute approximate surface area is 134 Å². The van der Waals surface area contributed by atoms with Gasteiger partial charge in [0.25, 0.3) is 0 Å². The van der Waals surface area contributed by atoms with Crippen LogP contribution in [0.2, 0.25) is 0 Å². The van der Waals surface area contributed by atoms with Gasteiger partial charge in [-0.05, 0) is 31.0 Å². The SMILES string of the molecule is Cl.Fc1ccc2nc(CN3CC4CCCC(C3)N4)sc2c1. The maximum Gasteiger partial charge on any atom is 0.124 e. The van der Waals surface area contributed by atoms with Crippen LogP contribution in [-0.4, -0.2) is 35.1 Å². The molecule has 0 aliphatic carbocycles. The molecule has 2 atom stereocenters. The zero-order chi connectivity index (χ0) is 13.5. The Morgan fingerprint density at radius 1 is 1.29 bits per heavy atom. The number of thiazole rings is 1. The topological polar surface area (TPSA) is 28.2 Å². The number of benzene rings is 1. The summed E-state index contributed by atoms with van der Waals surface area (Å²) in [7, 11) is 0. The molecule has 0 amide bonds. The van der Waals surface area contributed by atoms with E-state index in [1.165, 1.54) is 25.3 Å². The minimum absolute atomic E-state index is 0. The highest BCUT2D eigenvalue weighted by atomic mass is 35.5. The summed E-state index contributed by atoms with van der Waals surface area (Å²) in [6.07, 6.45) is 3.94. The van der Waals surface area contributed by atoms with Crippen molar-refractivity contribution in [3.05, 3.63) is 29.0 Å². The van der Waals surface area contributed by atoms with Crippen LogP contribution in [0.15, 0.2) is 18.2 Å². The first kappa shape index (κ1) is 15.2. The Hall–Kier alpha value is -0.750. The minimum Gasteiger partial charge on any atom is -0.309 e. The first-order chi connectivity index (χ1) is 9.76. The first-order valence-electron chi connectivity index (χ1n) is 7.30. The molecule has 2 saturated heterocycles. The third kappa shape index (κ3) is 3.21. The molecule has 1 aromatic carbocycles. The number of rotatable bonds is 2. The molecule has 114 valence electrons. The van der Waals surface area contributed by atoms with E-state index in [1.807, 2.05) is 0 Å². The fraction of sp³-hybridized carbons (Fsp3) is 0.533. The summed E-state index contributed by atoms with van der Waals surface area (Å²) < 4.78 is 14.2. The summed E-state index contributed by atoms with van der Waals surface area (Å²) >= 11 is 1.62. The van der Waals surface area contributed by atoms with Crippen molar-refractivity contribution in [3.8, 4) is 0 Å². The number of fused-ring (bicyclic) bond motifs is 3. The van der Waals surface area contributed by atoms with Crippen LogP contribution in [0, 0.1) is 5.82 Å². The molecule has 2 aliphatic heterocycles. The van der Waals surface area contributed by atoms with Crippen LogP contribution in [0.5, 0.6) is 0 Å². The maximum atomic E-state index is 13.2. The number of hydrogen-bond acceptors (Lipinski definition) is 4. The lowest BCUT2D eigenvalue weighted by atomic mass is 9.94. The van der Waals surface area contributed by atoms with E-state index in [2.05, 4.69) is 15.2 Å². The molecule has 0 saturated carbocycles. The molecule has 21 heavy (non-hydrogen) atoms. The highest BCUT2D eigenvalue weighted by Crippen LogP contribution is 2.26. The van der Waals surface area contributed by atoms with Gasteiger partial charge >= 0.3 is 0 Å². The van der Waals surface area contributed by atoms with Crippen LogP contribution in [0.25, 0.3) is 10.2 Å². The van der Waals surface area contributed by atoms with Crippen molar-refractivity contribution in [1.29, 1.82) is 0 Å². The van der Waals surface area contributed by atoms with E-state index in [4.69, 9.17) is 0 Å². The average molecular weight is 328 g/mol. The second-order valence-electron chi connectivity index (χ2n) is 5.91. The summed E-state index contributed by atoms with van der Waals surface area (Å²) in [5.74, 6) is -0.176. The van der Waals surface area contributed by atoms with Gasteiger partial charge < -0.3 is 5.32 Å². The van der Waals surface area contributed by atoms with E-state index in [0.29, 0.717) is 12.1 Å². The molecule has 2 aromatic rings. The highest BCUT2D eigenvalue weighted by molar-refractivity contribution is 7.18. The second-order valence-corrected chi connectivity index (χ2v) is 7.02. The quantitative estimate of drug-likeness (QED) is 0.918. The minimum atomic E-state index is -0.176. The zero-order valence-electron chi connectivity index (χ0n) is 11.7. The molecule has 4 rings (SSSR count). The molecule has 6 heteroatoms. The maximum absolute atomic E-state index is 13.2. The smallest absolute Gasteiger partial charge is 0.124 e. The highest BCUT2D eigenvalue weighted by Gasteiger charge is 2.29. The zero-order valence-corrected chi connectivity index (χ0v) is 13.4. The van der Waals surface area contributed by atoms with Gasteiger partial charge in [0.15, 0.2) is 0 Å². The van der Waals surface area contributed by atoms with Gasteiger partial charge in [0, 0.05) is 25.2 Å². The standard InChI is InChI=1S/C15H18FN3S.ClH/c16-10-4-5-13-14(6-10)20-15(18-13)9-19-7-11-2-1-3-12(8-19)17-11;/h4-6,11-12,17H,1-3,7-9H2;1H. The normalized spacial score (nSPS) is 25.8. The average Bonchev–Trinajstić information content (AvgIpc) is 2.79. The van der Waals surface area contributed by atoms with Gasteiger partial charge in [0.2, 0.25) is 0 Å². The van der Waals surface area contributed by atoms with Gasteiger partial charge in [-0.2, -0.15) is 0 Å². The van der Waals surface area contributed by atoms with Crippen molar-refractivity contribution >= 4 is 34.0 Å². The van der Waals surface area contributed by atoms with Crippen LogP contribution in [0.3, 0.4) is 0 Å². The van der Waals surface area contributed by atoms with E-state index in [9.17, 15) is 4.39 Å². The summed E-state index contributed by atoms with van der Waals surface area (Å²) in [6, 6.07) is 6.14. The number of nitrogens with zero attached hydrogens (tertiary/aromatic N) is 2.